The first kappa shape index (κ1) is 19.2. The van der Waals surface area contributed by atoms with Crippen LogP contribution in [0.4, 0.5) is 0 Å². The Hall–Kier alpha value is -3.12. The van der Waals surface area contributed by atoms with Crippen LogP contribution in [0.2, 0.25) is 5.02 Å². The summed E-state index contributed by atoms with van der Waals surface area (Å²) < 4.78 is 6.77. The van der Waals surface area contributed by atoms with E-state index in [1.54, 1.807) is 0 Å². The van der Waals surface area contributed by atoms with Gasteiger partial charge in [-0.05, 0) is 60.4 Å². The van der Waals surface area contributed by atoms with E-state index in [1.807, 2.05) is 42.5 Å². The number of fused-ring (bicyclic) bond motifs is 1. The van der Waals surface area contributed by atoms with Crippen LogP contribution in [-0.4, -0.2) is 27.5 Å². The van der Waals surface area contributed by atoms with Gasteiger partial charge >= 0.3 is 5.97 Å². The fraction of sp³-hybridized carbons (Fsp3) is 0.227. The molecule has 0 bridgehead atoms. The van der Waals surface area contributed by atoms with Crippen molar-refractivity contribution in [3.8, 4) is 17.0 Å². The zero-order chi connectivity index (χ0) is 20.4. The SMILES string of the molecule is O=C(O)c1cc(-c2ccc3c(c2)CCO3)nn(CCCc2ccc(Cl)cc2)c1=O. The summed E-state index contributed by atoms with van der Waals surface area (Å²) in [6.45, 7) is 0.959. The van der Waals surface area contributed by atoms with Gasteiger partial charge in [-0.3, -0.25) is 4.79 Å². The fourth-order valence-corrected chi connectivity index (χ4v) is 3.54. The molecule has 148 valence electrons. The average Bonchev–Trinajstić information content (AvgIpc) is 3.18. The van der Waals surface area contributed by atoms with Crippen molar-refractivity contribution in [3.05, 3.63) is 80.6 Å². The highest BCUT2D eigenvalue weighted by atomic mass is 35.5. The van der Waals surface area contributed by atoms with E-state index in [-0.39, 0.29) is 5.56 Å². The number of hydrogen-bond acceptors (Lipinski definition) is 4. The summed E-state index contributed by atoms with van der Waals surface area (Å²) in [6.07, 6.45) is 2.18. The molecular formula is C22H19ClN2O4. The Kier molecular flexibility index (Phi) is 5.36. The van der Waals surface area contributed by atoms with Gasteiger partial charge in [0.25, 0.3) is 5.56 Å². The molecule has 0 atom stereocenters. The number of benzene rings is 2. The molecule has 4 rings (SSSR count). The smallest absolute Gasteiger partial charge is 0.341 e. The third-order valence-corrected chi connectivity index (χ3v) is 5.19. The molecule has 1 aliphatic rings. The number of carbonyl (C=O) groups is 1. The minimum atomic E-state index is -1.26. The lowest BCUT2D eigenvalue weighted by Gasteiger charge is -2.10. The van der Waals surface area contributed by atoms with Crippen molar-refractivity contribution in [2.45, 2.75) is 25.8 Å². The van der Waals surface area contributed by atoms with Crippen molar-refractivity contribution >= 4 is 17.6 Å². The molecule has 6 nitrogen and oxygen atoms in total. The van der Waals surface area contributed by atoms with Gasteiger partial charge in [0, 0.05) is 23.6 Å². The standard InChI is InChI=1S/C22H19ClN2O4/c23-17-6-3-14(4-7-17)2-1-10-25-21(26)18(22(27)28)13-19(24-25)15-5-8-20-16(12-15)9-11-29-20/h3-8,12-13H,1-2,9-11H2,(H,27,28). The van der Waals surface area contributed by atoms with Gasteiger partial charge in [0.2, 0.25) is 0 Å². The third-order valence-electron chi connectivity index (χ3n) is 4.94. The first-order valence-electron chi connectivity index (χ1n) is 9.37. The number of carboxylic acid groups (broad SMARTS) is 1. The number of ether oxygens (including phenoxy) is 1. The molecule has 0 spiro atoms. The number of hydrogen-bond donors (Lipinski definition) is 1. The maximum atomic E-state index is 12.6. The molecule has 7 heteroatoms. The van der Waals surface area contributed by atoms with Gasteiger partial charge in [-0.25, -0.2) is 9.48 Å². The molecule has 29 heavy (non-hydrogen) atoms. The first-order valence-corrected chi connectivity index (χ1v) is 9.75. The zero-order valence-electron chi connectivity index (χ0n) is 15.6. The first-order chi connectivity index (χ1) is 14.0. The lowest BCUT2D eigenvalue weighted by molar-refractivity contribution is 0.0693. The lowest BCUT2D eigenvalue weighted by atomic mass is 10.0. The van der Waals surface area contributed by atoms with E-state index in [4.69, 9.17) is 16.3 Å². The molecule has 0 amide bonds. The third kappa shape index (κ3) is 4.17. The second-order valence-corrected chi connectivity index (χ2v) is 7.36. The van der Waals surface area contributed by atoms with E-state index < -0.39 is 11.5 Å². The number of nitrogens with zero attached hydrogens (tertiary/aromatic N) is 2. The van der Waals surface area contributed by atoms with Gasteiger partial charge in [0.05, 0.1) is 12.3 Å². The Balaban J connectivity index is 1.61. The molecule has 2 aromatic carbocycles. The number of aryl methyl sites for hydroxylation is 2. The van der Waals surface area contributed by atoms with Gasteiger partial charge in [-0.15, -0.1) is 0 Å². The highest BCUT2D eigenvalue weighted by Gasteiger charge is 2.18. The summed E-state index contributed by atoms with van der Waals surface area (Å²) >= 11 is 5.90. The van der Waals surface area contributed by atoms with Gasteiger partial charge in [0.1, 0.15) is 11.3 Å². The van der Waals surface area contributed by atoms with Crippen LogP contribution < -0.4 is 10.3 Å². The number of halogens is 1. The van der Waals surface area contributed by atoms with E-state index in [0.29, 0.717) is 30.3 Å². The molecular weight excluding hydrogens is 392 g/mol. The lowest BCUT2D eigenvalue weighted by Crippen LogP contribution is -2.29. The van der Waals surface area contributed by atoms with Crippen molar-refractivity contribution in [2.75, 3.05) is 6.61 Å². The van der Waals surface area contributed by atoms with E-state index in [1.165, 1.54) is 10.7 Å². The monoisotopic (exact) mass is 410 g/mol. The van der Waals surface area contributed by atoms with E-state index in [2.05, 4.69) is 5.10 Å². The predicted molar refractivity (Wildman–Crippen MR) is 110 cm³/mol. The van der Waals surface area contributed by atoms with Gasteiger partial charge in [-0.2, -0.15) is 5.10 Å². The number of carboxylic acids is 1. The molecule has 1 aliphatic heterocycles. The highest BCUT2D eigenvalue weighted by Crippen LogP contribution is 2.29. The van der Waals surface area contributed by atoms with Crippen LogP contribution in [-0.2, 0) is 19.4 Å². The van der Waals surface area contributed by atoms with Crippen LogP contribution in [0.5, 0.6) is 5.75 Å². The molecule has 1 aromatic heterocycles. The Morgan fingerprint density at radius 1 is 1.17 bits per heavy atom. The summed E-state index contributed by atoms with van der Waals surface area (Å²) in [4.78, 5) is 24.1. The number of aromatic carboxylic acids is 1. The van der Waals surface area contributed by atoms with Crippen molar-refractivity contribution in [3.63, 3.8) is 0 Å². The second-order valence-electron chi connectivity index (χ2n) is 6.93. The topological polar surface area (TPSA) is 81.4 Å². The molecule has 1 N–H and O–H groups in total. The predicted octanol–water partition coefficient (Wildman–Crippen LogP) is 3.83. The van der Waals surface area contributed by atoms with Crippen LogP contribution in [0.1, 0.15) is 27.9 Å². The van der Waals surface area contributed by atoms with Crippen molar-refractivity contribution in [1.82, 2.24) is 9.78 Å². The Labute approximate surface area is 172 Å². The van der Waals surface area contributed by atoms with Gasteiger partial charge in [0.15, 0.2) is 0 Å². The Bertz CT molecular complexity index is 1120. The van der Waals surface area contributed by atoms with Crippen LogP contribution in [0.3, 0.4) is 0 Å². The number of aromatic nitrogens is 2. The van der Waals surface area contributed by atoms with Crippen LogP contribution >= 0.6 is 11.6 Å². The highest BCUT2D eigenvalue weighted by molar-refractivity contribution is 6.30. The van der Waals surface area contributed by atoms with E-state index >= 15 is 0 Å². The largest absolute Gasteiger partial charge is 0.493 e. The zero-order valence-corrected chi connectivity index (χ0v) is 16.4. The van der Waals surface area contributed by atoms with Gasteiger partial charge < -0.3 is 9.84 Å². The van der Waals surface area contributed by atoms with Crippen LogP contribution in [0, 0.1) is 0 Å². The minimum Gasteiger partial charge on any atom is -0.493 e. The molecule has 0 radical (unpaired) electrons. The fourth-order valence-electron chi connectivity index (χ4n) is 3.42. The Morgan fingerprint density at radius 3 is 2.72 bits per heavy atom. The Morgan fingerprint density at radius 2 is 1.97 bits per heavy atom. The molecule has 0 aliphatic carbocycles. The summed E-state index contributed by atoms with van der Waals surface area (Å²) in [5.41, 5.74) is 2.50. The maximum Gasteiger partial charge on any atom is 0.341 e. The van der Waals surface area contributed by atoms with Crippen LogP contribution in [0.15, 0.2) is 53.3 Å². The van der Waals surface area contributed by atoms with Crippen molar-refractivity contribution < 1.29 is 14.6 Å². The van der Waals surface area contributed by atoms with Crippen molar-refractivity contribution in [2.24, 2.45) is 0 Å². The summed E-state index contributed by atoms with van der Waals surface area (Å²) in [5, 5.41) is 14.6. The second kappa shape index (κ2) is 8.09. The van der Waals surface area contributed by atoms with Crippen molar-refractivity contribution in [1.29, 1.82) is 0 Å². The van der Waals surface area contributed by atoms with Gasteiger partial charge in [-0.1, -0.05) is 23.7 Å². The van der Waals surface area contributed by atoms with Crippen LogP contribution in [0.25, 0.3) is 11.3 Å². The maximum absolute atomic E-state index is 12.6. The van der Waals surface area contributed by atoms with E-state index in [9.17, 15) is 14.7 Å². The summed E-state index contributed by atoms with van der Waals surface area (Å²) in [7, 11) is 0. The normalized spacial score (nSPS) is 12.4. The minimum absolute atomic E-state index is 0.279. The number of rotatable bonds is 6. The molecule has 0 fully saturated rings. The summed E-state index contributed by atoms with van der Waals surface area (Å²) in [5.74, 6) is -0.418. The molecule has 0 saturated carbocycles. The average molecular weight is 411 g/mol. The molecule has 3 aromatic rings. The quantitative estimate of drug-likeness (QED) is 0.667. The molecule has 2 heterocycles. The molecule has 0 unspecified atom stereocenters. The summed E-state index contributed by atoms with van der Waals surface area (Å²) in [6, 6.07) is 14.5. The van der Waals surface area contributed by atoms with E-state index in [0.717, 1.165) is 35.3 Å². The molecule has 0 saturated heterocycles.